The molecule has 0 aromatic carbocycles. The van der Waals surface area contributed by atoms with Crippen molar-refractivity contribution < 1.29 is 9.47 Å². The highest BCUT2D eigenvalue weighted by Crippen LogP contribution is 2.20. The molecule has 0 radical (unpaired) electrons. The van der Waals surface area contributed by atoms with Crippen molar-refractivity contribution >= 4 is 0 Å². The molecular weight excluding hydrogens is 256 g/mol. The lowest BCUT2D eigenvalue weighted by atomic mass is 10.2. The minimum Gasteiger partial charge on any atom is -0.379 e. The van der Waals surface area contributed by atoms with E-state index >= 15 is 0 Å². The van der Waals surface area contributed by atoms with Crippen molar-refractivity contribution in [3.63, 3.8) is 0 Å². The van der Waals surface area contributed by atoms with Gasteiger partial charge in [-0.1, -0.05) is 0 Å². The molecule has 0 spiro atoms. The fourth-order valence-electron chi connectivity index (χ4n) is 2.43. The van der Waals surface area contributed by atoms with Gasteiger partial charge in [0.05, 0.1) is 12.7 Å². The summed E-state index contributed by atoms with van der Waals surface area (Å²) in [4.78, 5) is 2.42. The summed E-state index contributed by atoms with van der Waals surface area (Å²) >= 11 is 0. The lowest BCUT2D eigenvalue weighted by molar-refractivity contribution is -0.0390. The van der Waals surface area contributed by atoms with Gasteiger partial charge in [-0.2, -0.15) is 0 Å². The van der Waals surface area contributed by atoms with E-state index in [1.807, 2.05) is 0 Å². The Labute approximate surface area is 121 Å². The molecule has 6 nitrogen and oxygen atoms in total. The molecule has 2 heterocycles. The van der Waals surface area contributed by atoms with Crippen molar-refractivity contribution in [2.45, 2.75) is 45.9 Å². The van der Waals surface area contributed by atoms with Gasteiger partial charge in [-0.05, 0) is 27.2 Å². The van der Waals surface area contributed by atoms with Gasteiger partial charge < -0.3 is 14.0 Å². The molecule has 0 aliphatic carbocycles. The number of hydrogen-bond acceptors (Lipinski definition) is 5. The summed E-state index contributed by atoms with van der Waals surface area (Å²) in [5, 5.41) is 8.18. The smallest absolute Gasteiger partial charge is 0.163 e. The standard InChI is InChI=1S/C14H26N4O2/c1-4-18-11-15-16-14(18)13-10-17(7-9-20-13)6-5-8-19-12(2)3/h11-13H,4-10H2,1-3H3. The van der Waals surface area contributed by atoms with Crippen LogP contribution in [0.1, 0.15) is 39.1 Å². The number of aryl methyl sites for hydroxylation is 1. The van der Waals surface area contributed by atoms with Crippen molar-refractivity contribution in [2.24, 2.45) is 0 Å². The van der Waals surface area contributed by atoms with Gasteiger partial charge >= 0.3 is 0 Å². The summed E-state index contributed by atoms with van der Waals surface area (Å²) < 4.78 is 13.5. The van der Waals surface area contributed by atoms with Crippen LogP contribution < -0.4 is 0 Å². The predicted molar refractivity (Wildman–Crippen MR) is 76.5 cm³/mol. The van der Waals surface area contributed by atoms with Crippen molar-refractivity contribution in [3.8, 4) is 0 Å². The molecule has 114 valence electrons. The van der Waals surface area contributed by atoms with Crippen LogP contribution in [-0.4, -0.2) is 58.6 Å². The Kier molecular flexibility index (Phi) is 5.94. The Balaban J connectivity index is 1.80. The van der Waals surface area contributed by atoms with Gasteiger partial charge in [0.25, 0.3) is 0 Å². The minimum absolute atomic E-state index is 0.0391. The maximum atomic E-state index is 5.84. The molecule has 0 amide bonds. The van der Waals surface area contributed by atoms with Gasteiger partial charge in [0.1, 0.15) is 12.4 Å². The van der Waals surface area contributed by atoms with E-state index in [0.29, 0.717) is 6.10 Å². The Bertz CT molecular complexity index is 394. The Morgan fingerprint density at radius 2 is 2.35 bits per heavy atom. The van der Waals surface area contributed by atoms with Crippen molar-refractivity contribution in [1.29, 1.82) is 0 Å². The van der Waals surface area contributed by atoms with Crippen LogP contribution >= 0.6 is 0 Å². The highest BCUT2D eigenvalue weighted by atomic mass is 16.5. The summed E-state index contributed by atoms with van der Waals surface area (Å²) in [6.45, 7) is 11.6. The molecule has 1 unspecified atom stereocenters. The van der Waals surface area contributed by atoms with Gasteiger partial charge in [-0.25, -0.2) is 0 Å². The van der Waals surface area contributed by atoms with Crippen LogP contribution in [0.4, 0.5) is 0 Å². The summed E-state index contributed by atoms with van der Waals surface area (Å²) in [7, 11) is 0. The maximum Gasteiger partial charge on any atom is 0.163 e. The average molecular weight is 282 g/mol. The second kappa shape index (κ2) is 7.71. The highest BCUT2D eigenvalue weighted by Gasteiger charge is 2.25. The summed E-state index contributed by atoms with van der Waals surface area (Å²) in [5.74, 6) is 0.940. The van der Waals surface area contributed by atoms with Crippen molar-refractivity contribution in [3.05, 3.63) is 12.2 Å². The molecule has 1 saturated heterocycles. The lowest BCUT2D eigenvalue weighted by Gasteiger charge is -2.32. The third-order valence-electron chi connectivity index (χ3n) is 3.49. The van der Waals surface area contributed by atoms with Gasteiger partial charge in [-0.15, -0.1) is 10.2 Å². The zero-order chi connectivity index (χ0) is 14.4. The second-order valence-corrected chi connectivity index (χ2v) is 5.41. The zero-order valence-corrected chi connectivity index (χ0v) is 12.8. The van der Waals surface area contributed by atoms with E-state index in [4.69, 9.17) is 9.47 Å². The van der Waals surface area contributed by atoms with E-state index in [9.17, 15) is 0 Å². The van der Waals surface area contributed by atoms with Gasteiger partial charge in [0.15, 0.2) is 5.82 Å². The van der Waals surface area contributed by atoms with E-state index in [1.54, 1.807) is 6.33 Å². The fraction of sp³-hybridized carbons (Fsp3) is 0.857. The maximum absolute atomic E-state index is 5.84. The van der Waals surface area contributed by atoms with E-state index < -0.39 is 0 Å². The van der Waals surface area contributed by atoms with E-state index in [1.165, 1.54) is 0 Å². The van der Waals surface area contributed by atoms with Crippen molar-refractivity contribution in [2.75, 3.05) is 32.8 Å². The molecule has 1 aliphatic rings. The quantitative estimate of drug-likeness (QED) is 0.709. The van der Waals surface area contributed by atoms with Crippen LogP contribution in [0.2, 0.25) is 0 Å². The largest absolute Gasteiger partial charge is 0.379 e. The minimum atomic E-state index is 0.0391. The number of aromatic nitrogens is 3. The van der Waals surface area contributed by atoms with Crippen LogP contribution in [0.5, 0.6) is 0 Å². The van der Waals surface area contributed by atoms with E-state index in [0.717, 1.165) is 51.6 Å². The monoisotopic (exact) mass is 282 g/mol. The molecule has 1 aromatic heterocycles. The van der Waals surface area contributed by atoms with Crippen LogP contribution in [-0.2, 0) is 16.0 Å². The van der Waals surface area contributed by atoms with Crippen LogP contribution in [0, 0.1) is 0 Å². The summed E-state index contributed by atoms with van der Waals surface area (Å²) in [6, 6.07) is 0. The first kappa shape index (κ1) is 15.4. The SMILES string of the molecule is CCn1cnnc1C1CN(CCCOC(C)C)CCO1. The Hall–Kier alpha value is -0.980. The summed E-state index contributed by atoms with van der Waals surface area (Å²) in [5.41, 5.74) is 0. The van der Waals surface area contributed by atoms with Gasteiger partial charge in [-0.3, -0.25) is 4.90 Å². The Morgan fingerprint density at radius 3 is 3.10 bits per heavy atom. The molecule has 2 rings (SSSR count). The second-order valence-electron chi connectivity index (χ2n) is 5.41. The molecule has 0 N–H and O–H groups in total. The molecule has 0 saturated carbocycles. The molecule has 1 atom stereocenters. The van der Waals surface area contributed by atoms with E-state index in [-0.39, 0.29) is 6.10 Å². The highest BCUT2D eigenvalue weighted by molar-refractivity contribution is 4.94. The van der Waals surface area contributed by atoms with Gasteiger partial charge in [0, 0.05) is 32.8 Å². The van der Waals surface area contributed by atoms with E-state index in [2.05, 4.69) is 40.4 Å². The lowest BCUT2D eigenvalue weighted by Crippen LogP contribution is -2.40. The average Bonchev–Trinajstić information content (AvgIpc) is 2.92. The predicted octanol–water partition coefficient (Wildman–Crippen LogP) is 1.49. The number of nitrogens with zero attached hydrogens (tertiary/aromatic N) is 4. The molecule has 6 heteroatoms. The topological polar surface area (TPSA) is 52.4 Å². The molecule has 20 heavy (non-hydrogen) atoms. The number of morpholine rings is 1. The first-order chi connectivity index (χ1) is 9.70. The first-order valence-corrected chi connectivity index (χ1v) is 7.54. The number of rotatable bonds is 7. The molecule has 0 bridgehead atoms. The molecule has 1 aromatic rings. The van der Waals surface area contributed by atoms with Crippen LogP contribution in [0.15, 0.2) is 6.33 Å². The van der Waals surface area contributed by atoms with Crippen LogP contribution in [0.25, 0.3) is 0 Å². The molecule has 1 fully saturated rings. The third-order valence-corrected chi connectivity index (χ3v) is 3.49. The number of hydrogen-bond donors (Lipinski definition) is 0. The van der Waals surface area contributed by atoms with Gasteiger partial charge in [0.2, 0.25) is 0 Å². The summed E-state index contributed by atoms with van der Waals surface area (Å²) in [6.07, 6.45) is 3.19. The normalized spacial score (nSPS) is 20.7. The first-order valence-electron chi connectivity index (χ1n) is 7.54. The Morgan fingerprint density at radius 1 is 1.50 bits per heavy atom. The van der Waals surface area contributed by atoms with Crippen molar-refractivity contribution in [1.82, 2.24) is 19.7 Å². The molecular formula is C14H26N4O2. The number of ether oxygens (including phenoxy) is 2. The fourth-order valence-corrected chi connectivity index (χ4v) is 2.43. The molecule has 1 aliphatic heterocycles. The zero-order valence-electron chi connectivity index (χ0n) is 12.8. The third kappa shape index (κ3) is 4.26. The van der Waals surface area contributed by atoms with Crippen LogP contribution in [0.3, 0.4) is 0 Å².